The molecule has 0 aromatic heterocycles. The molecule has 82 valence electrons. The largest absolute Gasteiger partial charge is 0.490 e. The van der Waals surface area contributed by atoms with Gasteiger partial charge in [-0.25, -0.2) is 0 Å². The molecule has 0 aliphatic heterocycles. The van der Waals surface area contributed by atoms with Crippen LogP contribution in [0, 0.1) is 0 Å². The van der Waals surface area contributed by atoms with Gasteiger partial charge in [-0.05, 0) is 30.5 Å². The summed E-state index contributed by atoms with van der Waals surface area (Å²) in [7, 11) is 0. The first kappa shape index (κ1) is 5.00. The van der Waals surface area contributed by atoms with E-state index in [0.717, 1.165) is 0 Å². The first-order chi connectivity index (χ1) is 10.5. The maximum absolute atomic E-state index is 11.4. The van der Waals surface area contributed by atoms with Gasteiger partial charge in [-0.1, -0.05) is 30.3 Å². The van der Waals surface area contributed by atoms with E-state index in [-0.39, 0.29) is 11.3 Å². The van der Waals surface area contributed by atoms with Crippen molar-refractivity contribution >= 4 is 17.1 Å². The number of rotatable bonds is 3. The van der Waals surface area contributed by atoms with Gasteiger partial charge >= 0.3 is 0 Å². The average Bonchev–Trinajstić information content (AvgIpc) is 2.44. The molecule has 2 nitrogen and oxygen atoms in total. The summed E-state index contributed by atoms with van der Waals surface area (Å²) in [5, 5.41) is 1.19. The van der Waals surface area contributed by atoms with Crippen LogP contribution in [0.2, 0.25) is 0 Å². The van der Waals surface area contributed by atoms with Crippen LogP contribution >= 0.6 is 0 Å². The molecule has 2 rings (SSSR count). The van der Waals surface area contributed by atoms with Gasteiger partial charge in [-0.2, -0.15) is 0 Å². The summed E-state index contributed by atoms with van der Waals surface area (Å²) in [5.74, 6) is -0.249. The molecule has 16 heavy (non-hydrogen) atoms. The third-order valence-corrected chi connectivity index (χ3v) is 2.26. The van der Waals surface area contributed by atoms with Gasteiger partial charge in [0.25, 0.3) is 0 Å². The number of hydrogen-bond donors (Lipinski definition) is 0. The highest BCUT2D eigenvalue weighted by Crippen LogP contribution is 2.27. The van der Waals surface area contributed by atoms with Gasteiger partial charge in [0.05, 0.1) is 13.0 Å². The third kappa shape index (κ3) is 1.91. The van der Waals surface area contributed by atoms with Crippen LogP contribution in [-0.4, -0.2) is 12.4 Å². The molecule has 2 aromatic rings. The SMILES string of the molecule is [2H]C([2H])([2H])C([2H])(Oc1ccc2ccccc2c1C=O)C([2H])([2H])[2H]. The third-order valence-electron chi connectivity index (χ3n) is 2.26. The van der Waals surface area contributed by atoms with E-state index in [1.807, 2.05) is 0 Å². The normalized spacial score (nSPS) is 19.4. The fourth-order valence-corrected chi connectivity index (χ4v) is 1.60. The number of carbonyl (C=O) groups excluding carboxylic acids is 1. The van der Waals surface area contributed by atoms with E-state index in [1.165, 1.54) is 6.07 Å². The zero-order valence-corrected chi connectivity index (χ0v) is 8.36. The Hall–Kier alpha value is -1.83. The van der Waals surface area contributed by atoms with Gasteiger partial charge in [0.2, 0.25) is 0 Å². The molecule has 0 spiro atoms. The van der Waals surface area contributed by atoms with Crippen molar-refractivity contribution in [3.63, 3.8) is 0 Å². The van der Waals surface area contributed by atoms with Crippen molar-refractivity contribution < 1.29 is 19.1 Å². The van der Waals surface area contributed by atoms with Crippen LogP contribution < -0.4 is 4.74 Å². The molecular weight excluding hydrogens is 200 g/mol. The Labute approximate surface area is 105 Å². The van der Waals surface area contributed by atoms with E-state index in [9.17, 15) is 4.79 Å². The van der Waals surface area contributed by atoms with Crippen LogP contribution in [0.15, 0.2) is 36.4 Å². The summed E-state index contributed by atoms with van der Waals surface area (Å²) in [6.45, 7) is -6.46. The smallest absolute Gasteiger partial charge is 0.154 e. The Morgan fingerprint density at radius 1 is 1.31 bits per heavy atom. The second-order valence-corrected chi connectivity index (χ2v) is 3.25. The number of benzene rings is 2. The second kappa shape index (κ2) is 4.35. The van der Waals surface area contributed by atoms with Crippen molar-refractivity contribution in [1.82, 2.24) is 0 Å². The first-order valence-electron chi connectivity index (χ1n) is 8.17. The fraction of sp³-hybridized carbons (Fsp3) is 0.214. The molecule has 0 fully saturated rings. The molecule has 0 aliphatic carbocycles. The molecule has 0 N–H and O–H groups in total. The predicted molar refractivity (Wildman–Crippen MR) is 65.1 cm³/mol. The van der Waals surface area contributed by atoms with E-state index in [2.05, 4.69) is 0 Å². The van der Waals surface area contributed by atoms with E-state index >= 15 is 0 Å². The minimum atomic E-state index is -3.23. The molecule has 0 bridgehead atoms. The Morgan fingerprint density at radius 2 is 2.12 bits per heavy atom. The van der Waals surface area contributed by atoms with E-state index in [0.29, 0.717) is 17.1 Å². The molecular formula is C14H14O2. The monoisotopic (exact) mass is 221 g/mol. The number of aldehydes is 1. The average molecular weight is 221 g/mol. The maximum Gasteiger partial charge on any atom is 0.154 e. The number of hydrogen-bond acceptors (Lipinski definition) is 2. The summed E-state index contributed by atoms with van der Waals surface area (Å²) in [6.07, 6.45) is -2.72. The summed E-state index contributed by atoms with van der Waals surface area (Å²) >= 11 is 0. The lowest BCUT2D eigenvalue weighted by molar-refractivity contribution is 0.111. The topological polar surface area (TPSA) is 26.3 Å². The molecule has 0 amide bonds. The summed E-state index contributed by atoms with van der Waals surface area (Å²) in [5.41, 5.74) is 0.00762. The Bertz CT molecular complexity index is 720. The highest BCUT2D eigenvalue weighted by molar-refractivity contribution is 6.00. The lowest BCUT2D eigenvalue weighted by Gasteiger charge is -2.13. The van der Waals surface area contributed by atoms with Gasteiger partial charge in [-0.3, -0.25) is 4.79 Å². The quantitative estimate of drug-likeness (QED) is 0.742. The van der Waals surface area contributed by atoms with Crippen LogP contribution in [0.1, 0.15) is 33.7 Å². The highest BCUT2D eigenvalue weighted by Gasteiger charge is 2.08. The van der Waals surface area contributed by atoms with Crippen LogP contribution in [0.5, 0.6) is 5.75 Å². The van der Waals surface area contributed by atoms with Crippen LogP contribution in [0.3, 0.4) is 0 Å². The molecule has 0 saturated carbocycles. The van der Waals surface area contributed by atoms with E-state index < -0.39 is 19.8 Å². The molecule has 0 saturated heterocycles. The Balaban J connectivity index is 2.62. The Kier molecular flexibility index (Phi) is 1.36. The lowest BCUT2D eigenvalue weighted by atomic mass is 10.0. The number of fused-ring (bicyclic) bond motifs is 1. The standard InChI is InChI=1S/C14H14O2/c1-10(2)16-14-8-7-11-5-3-4-6-12(11)13(14)9-15/h3-10H,1-2H3/i1D3,2D3,10D. The van der Waals surface area contributed by atoms with Gasteiger partial charge < -0.3 is 4.74 Å². The van der Waals surface area contributed by atoms with Crippen molar-refractivity contribution in [3.05, 3.63) is 42.0 Å². The zero-order chi connectivity index (χ0) is 17.5. The van der Waals surface area contributed by atoms with Crippen molar-refractivity contribution in [3.8, 4) is 5.75 Å². The molecule has 2 heteroatoms. The van der Waals surface area contributed by atoms with Crippen molar-refractivity contribution in [2.24, 2.45) is 0 Å². The molecule has 0 unspecified atom stereocenters. The minimum Gasteiger partial charge on any atom is -0.490 e. The molecule has 2 aromatic carbocycles. The summed E-state index contributed by atoms with van der Waals surface area (Å²) in [6, 6.07) is 9.68. The van der Waals surface area contributed by atoms with Crippen LogP contribution in [0.25, 0.3) is 10.8 Å². The summed E-state index contributed by atoms with van der Waals surface area (Å²) < 4.78 is 57.1. The van der Waals surface area contributed by atoms with Crippen molar-refractivity contribution in [1.29, 1.82) is 0 Å². The molecule has 0 heterocycles. The van der Waals surface area contributed by atoms with Crippen molar-refractivity contribution in [2.45, 2.75) is 19.8 Å². The van der Waals surface area contributed by atoms with Gasteiger partial charge in [0.15, 0.2) is 6.29 Å². The van der Waals surface area contributed by atoms with Crippen LogP contribution in [-0.2, 0) is 0 Å². The van der Waals surface area contributed by atoms with Gasteiger partial charge in [0.1, 0.15) is 5.75 Å². The second-order valence-electron chi connectivity index (χ2n) is 3.25. The molecule has 0 atom stereocenters. The molecule has 0 aliphatic rings. The van der Waals surface area contributed by atoms with Crippen molar-refractivity contribution in [2.75, 3.05) is 0 Å². The zero-order valence-electron chi connectivity index (χ0n) is 15.4. The first-order valence-corrected chi connectivity index (χ1v) is 4.67. The summed E-state index contributed by atoms with van der Waals surface area (Å²) in [4.78, 5) is 11.4. The van der Waals surface area contributed by atoms with E-state index in [1.54, 1.807) is 30.3 Å². The van der Waals surface area contributed by atoms with Crippen LogP contribution in [0.4, 0.5) is 0 Å². The highest BCUT2D eigenvalue weighted by atomic mass is 16.5. The van der Waals surface area contributed by atoms with Gasteiger partial charge in [0, 0.05) is 8.22 Å². The lowest BCUT2D eigenvalue weighted by Crippen LogP contribution is -2.07. The van der Waals surface area contributed by atoms with Gasteiger partial charge in [-0.15, -0.1) is 0 Å². The predicted octanol–water partition coefficient (Wildman–Crippen LogP) is 3.44. The maximum atomic E-state index is 11.4. The fourth-order valence-electron chi connectivity index (χ4n) is 1.60. The Morgan fingerprint density at radius 3 is 2.88 bits per heavy atom. The number of carbonyl (C=O) groups is 1. The molecule has 0 radical (unpaired) electrons. The minimum absolute atomic E-state index is 0.00762. The number of ether oxygens (including phenoxy) is 1. The van der Waals surface area contributed by atoms with E-state index in [4.69, 9.17) is 14.3 Å².